The van der Waals surface area contributed by atoms with Gasteiger partial charge in [-0.15, -0.1) is 4.89 Å². The van der Waals surface area contributed by atoms with Crippen molar-refractivity contribution >= 4 is 14.2 Å². The molecule has 0 aliphatic carbocycles. The summed E-state index contributed by atoms with van der Waals surface area (Å²) >= 11 is 0. The summed E-state index contributed by atoms with van der Waals surface area (Å²) < 4.78 is 8.93. The number of urea groups is 1. The number of hydrogen-bond acceptors (Lipinski definition) is 2. The molecule has 0 fully saturated rings. The van der Waals surface area contributed by atoms with Gasteiger partial charge in [-0.1, -0.05) is 5.50 Å². The summed E-state index contributed by atoms with van der Waals surface area (Å²) in [5.74, 6) is 0. The molecule has 0 saturated heterocycles. The summed E-state index contributed by atoms with van der Waals surface area (Å²) in [5.41, 5.74) is 12.7. The molecule has 1 unspecified atom stereocenters. The lowest BCUT2D eigenvalue weighted by molar-refractivity contribution is 0.256. The molecule has 0 saturated carbocycles. The van der Waals surface area contributed by atoms with Crippen LogP contribution in [0.2, 0.25) is 0 Å². The van der Waals surface area contributed by atoms with Gasteiger partial charge in [0, 0.05) is 0 Å². The van der Waals surface area contributed by atoms with Crippen LogP contribution in [0.25, 0.3) is 0 Å². The molecule has 0 aromatic rings. The first-order valence-corrected chi connectivity index (χ1v) is 2.70. The van der Waals surface area contributed by atoms with Gasteiger partial charge in [-0.05, 0) is 4.57 Å². The van der Waals surface area contributed by atoms with Crippen molar-refractivity contribution in [3.63, 3.8) is 0 Å². The maximum absolute atomic E-state index is 9.00. The number of rotatable bonds is 0. The fraction of sp³-hybridized carbons (Fsp3) is 0. The van der Waals surface area contributed by atoms with Crippen LogP contribution < -0.4 is 17.0 Å². The summed E-state index contributed by atoms with van der Waals surface area (Å²) in [6, 6.07) is -0.833. The number of nitrogens with two attached hydrogens (primary N) is 3. The van der Waals surface area contributed by atoms with Crippen molar-refractivity contribution in [3.05, 3.63) is 0 Å². The zero-order chi connectivity index (χ0) is 7.15. The Morgan fingerprint density at radius 3 is 1.50 bits per heavy atom. The Kier molecular flexibility index (Phi) is 8.10. The molecule has 0 aliphatic rings. The van der Waals surface area contributed by atoms with Crippen LogP contribution >= 0.6 is 8.18 Å². The summed E-state index contributed by atoms with van der Waals surface area (Å²) in [4.78, 5) is 16.3. The van der Waals surface area contributed by atoms with Gasteiger partial charge in [-0.2, -0.15) is 0 Å². The third kappa shape index (κ3) is 193. The number of carbonyl (C=O) groups is 1. The minimum absolute atomic E-state index is 0.833. The van der Waals surface area contributed by atoms with Crippen molar-refractivity contribution in [2.75, 3.05) is 0 Å². The second-order valence-electron chi connectivity index (χ2n) is 0.705. The van der Waals surface area contributed by atoms with Crippen molar-refractivity contribution in [1.29, 1.82) is 0 Å². The molecule has 1 atom stereocenters. The lowest BCUT2D eigenvalue weighted by Gasteiger charge is -1.62. The lowest BCUT2D eigenvalue weighted by Crippen LogP contribution is -2.18. The van der Waals surface area contributed by atoms with Crippen LogP contribution in [0.5, 0.6) is 0 Å². The van der Waals surface area contributed by atoms with E-state index < -0.39 is 14.2 Å². The average molecular weight is 140 g/mol. The van der Waals surface area contributed by atoms with Crippen LogP contribution in [0, 0.1) is 0 Å². The van der Waals surface area contributed by atoms with E-state index in [0.29, 0.717) is 0 Å². The molecule has 0 aromatic heterocycles. The Morgan fingerprint density at radius 1 is 1.50 bits per heavy atom. The predicted molar refractivity (Wildman–Crippen MR) is 27.8 cm³/mol. The smallest absolute Gasteiger partial charge is 0.352 e. The summed E-state index contributed by atoms with van der Waals surface area (Å²) in [6.45, 7) is 0. The third-order valence-electron chi connectivity index (χ3n) is 0. The topological polar surface area (TPSA) is 132 Å². The van der Waals surface area contributed by atoms with Crippen LogP contribution in [0.4, 0.5) is 4.79 Å². The molecule has 0 aromatic carbocycles. The normalized spacial score (nSPS) is 8.50. The second kappa shape index (κ2) is 6.29. The van der Waals surface area contributed by atoms with Crippen LogP contribution in [0.3, 0.4) is 0 Å². The van der Waals surface area contributed by atoms with Crippen molar-refractivity contribution < 1.29 is 14.3 Å². The number of primary amides is 2. The van der Waals surface area contributed by atoms with Crippen LogP contribution in [0.15, 0.2) is 0 Å². The van der Waals surface area contributed by atoms with Crippen LogP contribution in [-0.2, 0) is 4.57 Å². The number of carbonyl (C=O) groups excluding carboxylic acids is 1. The molecule has 48 valence electrons. The number of hydrogen-bond donors (Lipinski definition) is 4. The first kappa shape index (κ1) is 10.3. The van der Waals surface area contributed by atoms with Crippen molar-refractivity contribution in [2.24, 2.45) is 17.0 Å². The molecule has 0 radical (unpaired) electrons. The van der Waals surface area contributed by atoms with Gasteiger partial charge in [-0.3, -0.25) is 0 Å². The molecule has 7 N–H and O–H groups in total. The quantitative estimate of drug-likeness (QED) is 0.308. The van der Waals surface area contributed by atoms with Crippen molar-refractivity contribution in [3.8, 4) is 0 Å². The molecule has 7 heteroatoms. The van der Waals surface area contributed by atoms with Crippen LogP contribution in [0.1, 0.15) is 0 Å². The minimum Gasteiger partial charge on any atom is -0.352 e. The Morgan fingerprint density at radius 2 is 1.50 bits per heavy atom. The van der Waals surface area contributed by atoms with Crippen molar-refractivity contribution in [1.82, 2.24) is 0 Å². The summed E-state index contributed by atoms with van der Waals surface area (Å²) in [6.07, 6.45) is 0. The van der Waals surface area contributed by atoms with Crippen molar-refractivity contribution in [2.45, 2.75) is 0 Å². The predicted octanol–water partition coefficient (Wildman–Crippen LogP) is -1.38. The summed E-state index contributed by atoms with van der Waals surface area (Å²) in [5, 5.41) is 0. The van der Waals surface area contributed by atoms with E-state index >= 15 is 0 Å². The fourth-order valence-electron chi connectivity index (χ4n) is 0. The highest BCUT2D eigenvalue weighted by molar-refractivity contribution is 7.35. The van der Waals surface area contributed by atoms with Gasteiger partial charge in [-0.25, -0.2) is 4.79 Å². The maximum Gasteiger partial charge on any atom is 0.607 e. The molecule has 6 nitrogen and oxygen atoms in total. The molecule has 0 spiro atoms. The second-order valence-corrected chi connectivity index (χ2v) is 1.31. The van der Waals surface area contributed by atoms with E-state index in [0.717, 1.165) is 0 Å². The Balaban J connectivity index is 0. The van der Waals surface area contributed by atoms with Gasteiger partial charge in [0.1, 0.15) is 0 Å². The van der Waals surface area contributed by atoms with Gasteiger partial charge < -0.3 is 11.5 Å². The van der Waals surface area contributed by atoms with Gasteiger partial charge in [0.15, 0.2) is 0 Å². The monoisotopic (exact) mass is 140 g/mol. The molecule has 0 rings (SSSR count). The highest BCUT2D eigenvalue weighted by atomic mass is 31.1. The SMILES string of the molecule is NC(N)=O.N[P+](=O)O. The highest BCUT2D eigenvalue weighted by Crippen LogP contribution is 1.91. The van der Waals surface area contributed by atoms with Gasteiger partial charge in [0.05, 0.1) is 0 Å². The minimum atomic E-state index is -2.37. The zero-order valence-corrected chi connectivity index (χ0v) is 4.84. The van der Waals surface area contributed by atoms with E-state index in [9.17, 15) is 0 Å². The third-order valence-corrected chi connectivity index (χ3v) is 0. The molecule has 0 heterocycles. The largest absolute Gasteiger partial charge is 0.607 e. The number of amides is 2. The van der Waals surface area contributed by atoms with E-state index in [1.807, 2.05) is 0 Å². The van der Waals surface area contributed by atoms with E-state index in [1.54, 1.807) is 0 Å². The van der Waals surface area contributed by atoms with E-state index in [4.69, 9.17) is 14.3 Å². The molecule has 2 amide bonds. The Labute approximate surface area is 46.6 Å². The first-order chi connectivity index (χ1) is 3.46. The lowest BCUT2D eigenvalue weighted by atomic mass is 11.2. The van der Waals surface area contributed by atoms with E-state index in [-0.39, 0.29) is 0 Å². The highest BCUT2D eigenvalue weighted by Gasteiger charge is 1.88. The molecule has 0 bridgehead atoms. The van der Waals surface area contributed by atoms with Gasteiger partial charge in [0.25, 0.3) is 0 Å². The fourth-order valence-corrected chi connectivity index (χ4v) is 0. The Bertz CT molecular complexity index is 72.5. The molecule has 0 aliphatic heterocycles. The van der Waals surface area contributed by atoms with E-state index in [2.05, 4.69) is 17.0 Å². The Hall–Kier alpha value is -0.710. The molecular weight excluding hydrogens is 133 g/mol. The van der Waals surface area contributed by atoms with Gasteiger partial charge >= 0.3 is 14.2 Å². The zero-order valence-electron chi connectivity index (χ0n) is 3.94. The van der Waals surface area contributed by atoms with E-state index in [1.165, 1.54) is 0 Å². The first-order valence-electron chi connectivity index (χ1n) is 1.42. The maximum atomic E-state index is 9.00. The molecule has 8 heavy (non-hydrogen) atoms. The average Bonchev–Trinajstić information content (AvgIpc) is 1.25. The van der Waals surface area contributed by atoms with Crippen LogP contribution in [-0.4, -0.2) is 10.9 Å². The molecular formula is CH7N3O3P+. The summed E-state index contributed by atoms with van der Waals surface area (Å²) in [7, 11) is -2.37. The van der Waals surface area contributed by atoms with Gasteiger partial charge in [0.2, 0.25) is 0 Å². The standard InChI is InChI=1S/CH4N2O.H2NO2P/c2-1(3)4;1-4(2)3/h(H4,2,3,4);(H2-,1,2,3)/p+1.